The molecule has 0 bridgehead atoms. The largest absolute Gasteiger partial charge is 0.477 e. The number of aromatic nitrogens is 2. The van der Waals surface area contributed by atoms with Gasteiger partial charge in [-0.3, -0.25) is 4.98 Å². The van der Waals surface area contributed by atoms with Crippen LogP contribution in [0.4, 0.5) is 5.82 Å². The van der Waals surface area contributed by atoms with Crippen molar-refractivity contribution in [2.24, 2.45) is 11.7 Å². The zero-order chi connectivity index (χ0) is 13.0. The van der Waals surface area contributed by atoms with Crippen molar-refractivity contribution in [1.82, 2.24) is 9.97 Å². The third-order valence-electron chi connectivity index (χ3n) is 3.25. The quantitative estimate of drug-likeness (QED) is 0.827. The first-order valence-electron chi connectivity index (χ1n) is 6.60. The van der Waals surface area contributed by atoms with E-state index in [0.29, 0.717) is 24.4 Å². The first kappa shape index (κ1) is 13.1. The Morgan fingerprint density at radius 1 is 1.44 bits per heavy atom. The minimum atomic E-state index is 0.397. The highest BCUT2D eigenvalue weighted by atomic mass is 16.5. The van der Waals surface area contributed by atoms with Crippen molar-refractivity contribution in [2.75, 3.05) is 25.1 Å². The molecule has 0 radical (unpaired) electrons. The van der Waals surface area contributed by atoms with E-state index >= 15 is 0 Å². The smallest absolute Gasteiger partial charge is 0.234 e. The Bertz CT molecular complexity index is 379. The molecule has 1 aromatic rings. The van der Waals surface area contributed by atoms with Gasteiger partial charge in [-0.2, -0.15) is 4.98 Å². The Labute approximate surface area is 108 Å². The van der Waals surface area contributed by atoms with E-state index in [2.05, 4.69) is 21.8 Å². The van der Waals surface area contributed by atoms with Gasteiger partial charge in [0.1, 0.15) is 0 Å². The molecular weight excluding hydrogens is 228 g/mol. The highest BCUT2D eigenvalue weighted by Gasteiger charge is 2.27. The van der Waals surface area contributed by atoms with E-state index in [1.807, 2.05) is 7.05 Å². The van der Waals surface area contributed by atoms with Crippen LogP contribution < -0.4 is 15.4 Å². The molecule has 1 saturated carbocycles. The van der Waals surface area contributed by atoms with Crippen molar-refractivity contribution < 1.29 is 4.74 Å². The second-order valence-electron chi connectivity index (χ2n) is 5.04. The maximum absolute atomic E-state index is 5.80. The summed E-state index contributed by atoms with van der Waals surface area (Å²) in [6, 6.07) is 0.397. The van der Waals surface area contributed by atoms with E-state index in [1.165, 1.54) is 0 Å². The van der Waals surface area contributed by atoms with Crippen LogP contribution in [0.5, 0.6) is 5.88 Å². The summed E-state index contributed by atoms with van der Waals surface area (Å²) in [5.74, 6) is 2.16. The molecule has 2 rings (SSSR count). The van der Waals surface area contributed by atoms with Crippen molar-refractivity contribution in [3.05, 3.63) is 12.4 Å². The lowest BCUT2D eigenvalue weighted by atomic mass is 9.81. The summed E-state index contributed by atoms with van der Waals surface area (Å²) in [5, 5.41) is 0. The molecule has 1 aliphatic rings. The number of rotatable bonds is 6. The van der Waals surface area contributed by atoms with Gasteiger partial charge in [0.25, 0.3) is 0 Å². The number of nitrogens with two attached hydrogens (primary N) is 1. The Kier molecular flexibility index (Phi) is 4.36. The van der Waals surface area contributed by atoms with Gasteiger partial charge < -0.3 is 15.4 Å². The molecule has 5 nitrogen and oxygen atoms in total. The van der Waals surface area contributed by atoms with Gasteiger partial charge in [-0.15, -0.1) is 0 Å². The SMILES string of the molecule is CCCOc1cncc(N(C)CC2CC(N)C2)n1. The standard InChI is InChI=1S/C13H22N4O/c1-3-4-18-13-8-15-7-12(16-13)17(2)9-10-5-11(14)6-10/h7-8,10-11H,3-6,9,14H2,1-2H3. The van der Waals surface area contributed by atoms with Gasteiger partial charge in [0.2, 0.25) is 5.88 Å². The monoisotopic (exact) mass is 250 g/mol. The van der Waals surface area contributed by atoms with Gasteiger partial charge in [0, 0.05) is 19.6 Å². The van der Waals surface area contributed by atoms with Crippen LogP contribution in [0.1, 0.15) is 26.2 Å². The minimum Gasteiger partial charge on any atom is -0.477 e. The van der Waals surface area contributed by atoms with Gasteiger partial charge in [-0.1, -0.05) is 6.92 Å². The van der Waals surface area contributed by atoms with Crippen LogP contribution in [0.2, 0.25) is 0 Å². The highest BCUT2D eigenvalue weighted by Crippen LogP contribution is 2.27. The highest BCUT2D eigenvalue weighted by molar-refractivity contribution is 5.36. The van der Waals surface area contributed by atoms with Gasteiger partial charge in [0.05, 0.1) is 19.0 Å². The van der Waals surface area contributed by atoms with E-state index < -0.39 is 0 Å². The van der Waals surface area contributed by atoms with Crippen molar-refractivity contribution in [1.29, 1.82) is 0 Å². The van der Waals surface area contributed by atoms with E-state index in [9.17, 15) is 0 Å². The van der Waals surface area contributed by atoms with E-state index in [0.717, 1.165) is 31.6 Å². The number of ether oxygens (including phenoxy) is 1. The van der Waals surface area contributed by atoms with Crippen LogP contribution >= 0.6 is 0 Å². The molecule has 1 aromatic heterocycles. The van der Waals surface area contributed by atoms with Crippen molar-refractivity contribution in [3.63, 3.8) is 0 Å². The van der Waals surface area contributed by atoms with Crippen molar-refractivity contribution >= 4 is 5.82 Å². The van der Waals surface area contributed by atoms with Crippen LogP contribution in [-0.2, 0) is 0 Å². The summed E-state index contributed by atoms with van der Waals surface area (Å²) in [6.07, 6.45) is 6.64. The van der Waals surface area contributed by atoms with Gasteiger partial charge in [0.15, 0.2) is 5.82 Å². The van der Waals surface area contributed by atoms with E-state index in [1.54, 1.807) is 12.4 Å². The third kappa shape index (κ3) is 3.32. The fourth-order valence-corrected chi connectivity index (χ4v) is 2.22. The summed E-state index contributed by atoms with van der Waals surface area (Å²) < 4.78 is 5.49. The molecule has 0 saturated heterocycles. The van der Waals surface area contributed by atoms with Crippen LogP contribution in [0.25, 0.3) is 0 Å². The Morgan fingerprint density at radius 3 is 2.89 bits per heavy atom. The summed E-state index contributed by atoms with van der Waals surface area (Å²) in [4.78, 5) is 10.7. The first-order valence-corrected chi connectivity index (χ1v) is 6.60. The normalized spacial score (nSPS) is 22.4. The molecule has 0 spiro atoms. The maximum Gasteiger partial charge on any atom is 0.234 e. The number of anilines is 1. The Hall–Kier alpha value is -1.36. The topological polar surface area (TPSA) is 64.3 Å². The molecule has 0 amide bonds. The number of hydrogen-bond donors (Lipinski definition) is 1. The third-order valence-corrected chi connectivity index (χ3v) is 3.25. The molecule has 0 aromatic carbocycles. The second-order valence-corrected chi connectivity index (χ2v) is 5.04. The molecule has 0 unspecified atom stereocenters. The lowest BCUT2D eigenvalue weighted by molar-refractivity contribution is 0.270. The first-order chi connectivity index (χ1) is 8.69. The average Bonchev–Trinajstić information content (AvgIpc) is 2.35. The van der Waals surface area contributed by atoms with Crippen LogP contribution in [0.15, 0.2) is 12.4 Å². The zero-order valence-electron chi connectivity index (χ0n) is 11.2. The van der Waals surface area contributed by atoms with Crippen molar-refractivity contribution in [3.8, 4) is 5.88 Å². The molecule has 1 heterocycles. The Balaban J connectivity index is 1.90. The lowest BCUT2D eigenvalue weighted by Crippen LogP contribution is -2.42. The maximum atomic E-state index is 5.80. The molecule has 18 heavy (non-hydrogen) atoms. The molecule has 0 atom stereocenters. The minimum absolute atomic E-state index is 0.397. The predicted octanol–water partition coefficient (Wildman–Crippen LogP) is 1.44. The predicted molar refractivity (Wildman–Crippen MR) is 71.8 cm³/mol. The Morgan fingerprint density at radius 2 is 2.22 bits per heavy atom. The molecule has 2 N–H and O–H groups in total. The van der Waals surface area contributed by atoms with Gasteiger partial charge in [-0.25, -0.2) is 0 Å². The number of hydrogen-bond acceptors (Lipinski definition) is 5. The molecular formula is C13H22N4O. The van der Waals surface area contributed by atoms with Crippen LogP contribution in [0.3, 0.4) is 0 Å². The van der Waals surface area contributed by atoms with Crippen molar-refractivity contribution in [2.45, 2.75) is 32.2 Å². The molecule has 1 fully saturated rings. The van der Waals surface area contributed by atoms with Crippen LogP contribution in [0, 0.1) is 5.92 Å². The lowest BCUT2D eigenvalue weighted by Gasteiger charge is -2.35. The molecule has 5 heteroatoms. The fraction of sp³-hybridized carbons (Fsp3) is 0.692. The average molecular weight is 250 g/mol. The summed E-state index contributed by atoms with van der Waals surface area (Å²) in [5.41, 5.74) is 5.80. The van der Waals surface area contributed by atoms with Gasteiger partial charge >= 0.3 is 0 Å². The molecule has 1 aliphatic carbocycles. The summed E-state index contributed by atoms with van der Waals surface area (Å²) >= 11 is 0. The second kappa shape index (κ2) is 6.00. The molecule has 100 valence electrons. The molecule has 0 aliphatic heterocycles. The van der Waals surface area contributed by atoms with Crippen LogP contribution in [-0.4, -0.2) is 36.2 Å². The van der Waals surface area contributed by atoms with E-state index in [4.69, 9.17) is 10.5 Å². The summed E-state index contributed by atoms with van der Waals surface area (Å²) in [7, 11) is 2.04. The van der Waals surface area contributed by atoms with Gasteiger partial charge in [-0.05, 0) is 25.2 Å². The fourth-order valence-electron chi connectivity index (χ4n) is 2.22. The zero-order valence-corrected chi connectivity index (χ0v) is 11.2. The number of nitrogens with zero attached hydrogens (tertiary/aromatic N) is 3. The van der Waals surface area contributed by atoms with E-state index in [-0.39, 0.29) is 0 Å². The summed E-state index contributed by atoms with van der Waals surface area (Å²) in [6.45, 7) is 3.74.